The maximum absolute atomic E-state index is 13.7. The molecule has 5 heteroatoms. The molecule has 0 saturated carbocycles. The van der Waals surface area contributed by atoms with Crippen LogP contribution in [-0.4, -0.2) is 48.1 Å². The number of carbonyl (C=O) groups is 1. The summed E-state index contributed by atoms with van der Waals surface area (Å²) in [4.78, 5) is 21.0. The van der Waals surface area contributed by atoms with E-state index in [0.29, 0.717) is 18.8 Å². The van der Waals surface area contributed by atoms with Gasteiger partial charge in [-0.1, -0.05) is 78.4 Å². The Morgan fingerprint density at radius 2 is 1.63 bits per heavy atom. The summed E-state index contributed by atoms with van der Waals surface area (Å²) in [5, 5.41) is 4.18. The van der Waals surface area contributed by atoms with Crippen LogP contribution in [0.2, 0.25) is 0 Å². The number of fused-ring (bicyclic) bond motifs is 1. The predicted molar refractivity (Wildman–Crippen MR) is 140 cm³/mol. The number of para-hydroxylation sites is 1. The normalized spacial score (nSPS) is 16.1. The molecule has 1 aliphatic rings. The van der Waals surface area contributed by atoms with Gasteiger partial charge in [-0.15, -0.1) is 0 Å². The molecule has 178 valence electrons. The largest absolute Gasteiger partial charge is 0.379 e. The number of hydrogen-bond donors (Lipinski definition) is 1. The van der Waals surface area contributed by atoms with Crippen LogP contribution in [0.3, 0.4) is 0 Å². The lowest BCUT2D eigenvalue weighted by Crippen LogP contribution is -2.48. The van der Waals surface area contributed by atoms with Crippen molar-refractivity contribution in [3.63, 3.8) is 0 Å². The van der Waals surface area contributed by atoms with E-state index in [4.69, 9.17) is 9.72 Å². The number of carbonyl (C=O) groups excluding carboxylic acids is 1. The Morgan fingerprint density at radius 3 is 2.37 bits per heavy atom. The van der Waals surface area contributed by atoms with Crippen molar-refractivity contribution in [2.45, 2.75) is 25.9 Å². The molecule has 1 fully saturated rings. The van der Waals surface area contributed by atoms with Gasteiger partial charge in [0, 0.05) is 30.1 Å². The lowest BCUT2D eigenvalue weighted by molar-refractivity contribution is 0.00889. The number of rotatable bonds is 6. The monoisotopic (exact) mass is 465 g/mol. The highest BCUT2D eigenvalue weighted by Crippen LogP contribution is 2.28. The number of amides is 1. The molecule has 1 amide bonds. The second-order valence-corrected chi connectivity index (χ2v) is 9.20. The molecule has 35 heavy (non-hydrogen) atoms. The van der Waals surface area contributed by atoms with E-state index in [9.17, 15) is 4.79 Å². The van der Waals surface area contributed by atoms with Gasteiger partial charge in [-0.25, -0.2) is 4.98 Å². The van der Waals surface area contributed by atoms with Crippen molar-refractivity contribution in [3.05, 3.63) is 102 Å². The van der Waals surface area contributed by atoms with E-state index in [0.717, 1.165) is 35.2 Å². The Kier molecular flexibility index (Phi) is 6.89. The molecule has 0 radical (unpaired) electrons. The Hall–Kier alpha value is -3.54. The van der Waals surface area contributed by atoms with Gasteiger partial charge in [0.25, 0.3) is 5.91 Å². The zero-order valence-electron chi connectivity index (χ0n) is 20.3. The summed E-state index contributed by atoms with van der Waals surface area (Å²) in [7, 11) is 0. The molecule has 2 unspecified atom stereocenters. The number of nitrogens with zero attached hydrogens (tertiary/aromatic N) is 2. The molecule has 1 N–H and O–H groups in total. The number of morpholine rings is 1. The third-order valence-electron chi connectivity index (χ3n) is 6.72. The minimum atomic E-state index is -0.0993. The summed E-state index contributed by atoms with van der Waals surface area (Å²) >= 11 is 0. The molecule has 3 aromatic carbocycles. The molecule has 1 aliphatic heterocycles. The van der Waals surface area contributed by atoms with Crippen LogP contribution in [0.4, 0.5) is 0 Å². The maximum Gasteiger partial charge on any atom is 0.252 e. The molecule has 2 heterocycles. The first-order valence-corrected chi connectivity index (χ1v) is 12.2. The van der Waals surface area contributed by atoms with Crippen LogP contribution in [0.15, 0.2) is 84.9 Å². The fraction of sp³-hybridized carbons (Fsp3) is 0.267. The van der Waals surface area contributed by atoms with E-state index in [2.05, 4.69) is 72.6 Å². The fourth-order valence-corrected chi connectivity index (χ4v) is 4.92. The van der Waals surface area contributed by atoms with Crippen molar-refractivity contribution in [1.82, 2.24) is 15.2 Å². The average molecular weight is 466 g/mol. The number of aromatic nitrogens is 1. The van der Waals surface area contributed by atoms with E-state index in [1.165, 1.54) is 11.1 Å². The number of ether oxygens (including phenoxy) is 1. The van der Waals surface area contributed by atoms with Crippen LogP contribution in [0.5, 0.6) is 0 Å². The van der Waals surface area contributed by atoms with E-state index >= 15 is 0 Å². The van der Waals surface area contributed by atoms with Crippen molar-refractivity contribution >= 4 is 16.8 Å². The fourth-order valence-electron chi connectivity index (χ4n) is 4.92. The third kappa shape index (κ3) is 5.11. The number of pyridine rings is 1. The lowest BCUT2D eigenvalue weighted by atomic mass is 9.97. The van der Waals surface area contributed by atoms with E-state index in [-0.39, 0.29) is 18.0 Å². The zero-order valence-corrected chi connectivity index (χ0v) is 20.3. The van der Waals surface area contributed by atoms with Gasteiger partial charge >= 0.3 is 0 Å². The smallest absolute Gasteiger partial charge is 0.252 e. The van der Waals surface area contributed by atoms with Crippen LogP contribution in [0, 0.1) is 6.92 Å². The number of hydrogen-bond acceptors (Lipinski definition) is 4. The Bertz CT molecular complexity index is 1300. The molecule has 2 atom stereocenters. The molecule has 0 spiro atoms. The van der Waals surface area contributed by atoms with Crippen LogP contribution in [0.25, 0.3) is 22.2 Å². The molecule has 4 aromatic rings. The van der Waals surface area contributed by atoms with E-state index in [1.807, 2.05) is 36.4 Å². The highest BCUT2D eigenvalue weighted by molar-refractivity contribution is 6.07. The van der Waals surface area contributed by atoms with Gasteiger partial charge in [0.2, 0.25) is 0 Å². The topological polar surface area (TPSA) is 54.5 Å². The molecule has 5 nitrogen and oxygen atoms in total. The van der Waals surface area contributed by atoms with Gasteiger partial charge < -0.3 is 10.1 Å². The van der Waals surface area contributed by atoms with Crippen LogP contribution in [-0.2, 0) is 4.74 Å². The summed E-state index contributed by atoms with van der Waals surface area (Å²) in [5.41, 5.74) is 5.65. The van der Waals surface area contributed by atoms with Gasteiger partial charge in [-0.05, 0) is 31.5 Å². The number of nitrogens with one attached hydrogen (secondary N) is 1. The Morgan fingerprint density at radius 1 is 0.943 bits per heavy atom. The predicted octanol–water partition coefficient (Wildman–Crippen LogP) is 5.40. The lowest BCUT2D eigenvalue weighted by Gasteiger charge is -2.38. The first kappa shape index (κ1) is 23.2. The van der Waals surface area contributed by atoms with E-state index in [1.54, 1.807) is 0 Å². The summed E-state index contributed by atoms with van der Waals surface area (Å²) in [6.45, 7) is 7.26. The van der Waals surface area contributed by atoms with Crippen LogP contribution in [0.1, 0.15) is 34.5 Å². The molecule has 5 rings (SSSR count). The Labute approximate surface area is 206 Å². The Balaban J connectivity index is 1.48. The first-order chi connectivity index (χ1) is 17.1. The summed E-state index contributed by atoms with van der Waals surface area (Å²) in [6, 6.07) is 28.4. The van der Waals surface area contributed by atoms with Gasteiger partial charge in [0.1, 0.15) is 0 Å². The molecule has 0 aliphatic carbocycles. The quantitative estimate of drug-likeness (QED) is 0.414. The van der Waals surface area contributed by atoms with Crippen molar-refractivity contribution in [2.24, 2.45) is 0 Å². The second kappa shape index (κ2) is 10.4. The molecular weight excluding hydrogens is 434 g/mol. The maximum atomic E-state index is 13.7. The van der Waals surface area contributed by atoms with Crippen molar-refractivity contribution in [3.8, 4) is 11.3 Å². The van der Waals surface area contributed by atoms with Gasteiger partial charge in [-0.2, -0.15) is 0 Å². The molecule has 0 bridgehead atoms. The second-order valence-electron chi connectivity index (χ2n) is 9.20. The highest BCUT2D eigenvalue weighted by atomic mass is 16.5. The van der Waals surface area contributed by atoms with Crippen molar-refractivity contribution in [1.29, 1.82) is 0 Å². The molecule has 1 aromatic heterocycles. The van der Waals surface area contributed by atoms with Gasteiger partial charge in [0.15, 0.2) is 0 Å². The molecule has 1 saturated heterocycles. The molecular formula is C30H31N3O2. The standard InChI is InChI=1S/C30H31N3O2/c1-21-12-14-23(15-13-21)28-20-26(25-10-6-7-11-27(25)32-28)30(34)31-22(2)29(24-8-4-3-5-9-24)33-16-18-35-19-17-33/h3-15,20,22,29H,16-19H2,1-2H3,(H,31,34). The van der Waals surface area contributed by atoms with Crippen molar-refractivity contribution in [2.75, 3.05) is 26.3 Å². The van der Waals surface area contributed by atoms with Gasteiger partial charge in [-0.3, -0.25) is 9.69 Å². The van der Waals surface area contributed by atoms with Crippen molar-refractivity contribution < 1.29 is 9.53 Å². The van der Waals surface area contributed by atoms with Crippen LogP contribution < -0.4 is 5.32 Å². The zero-order chi connectivity index (χ0) is 24.2. The minimum Gasteiger partial charge on any atom is -0.379 e. The minimum absolute atomic E-state index is 0.0636. The van der Waals surface area contributed by atoms with Crippen LogP contribution >= 0.6 is 0 Å². The summed E-state index contributed by atoms with van der Waals surface area (Å²) in [5.74, 6) is -0.0846. The number of benzene rings is 3. The van der Waals surface area contributed by atoms with Gasteiger partial charge in [0.05, 0.1) is 36.0 Å². The SMILES string of the molecule is Cc1ccc(-c2cc(C(=O)NC(C)C(c3ccccc3)N3CCOCC3)c3ccccc3n2)cc1. The summed E-state index contributed by atoms with van der Waals surface area (Å²) < 4.78 is 5.59. The average Bonchev–Trinajstić information content (AvgIpc) is 2.90. The number of aryl methyl sites for hydroxylation is 1. The third-order valence-corrected chi connectivity index (χ3v) is 6.72. The highest BCUT2D eigenvalue weighted by Gasteiger charge is 2.29. The van der Waals surface area contributed by atoms with E-state index < -0.39 is 0 Å². The first-order valence-electron chi connectivity index (χ1n) is 12.2. The summed E-state index contributed by atoms with van der Waals surface area (Å²) in [6.07, 6.45) is 0.